The topological polar surface area (TPSA) is 72.7 Å². The van der Waals surface area contributed by atoms with Crippen LogP contribution in [0.1, 0.15) is 21.6 Å². The van der Waals surface area contributed by atoms with Gasteiger partial charge >= 0.3 is 0 Å². The maximum atomic E-state index is 13.3. The summed E-state index contributed by atoms with van der Waals surface area (Å²) >= 11 is 0. The van der Waals surface area contributed by atoms with Gasteiger partial charge in [-0.2, -0.15) is 5.10 Å². The van der Waals surface area contributed by atoms with Crippen LogP contribution in [0.4, 0.5) is 4.39 Å². The van der Waals surface area contributed by atoms with E-state index in [2.05, 4.69) is 15.4 Å². The van der Waals surface area contributed by atoms with Crippen LogP contribution in [0.5, 0.6) is 0 Å². The number of rotatable bonds is 5. The maximum absolute atomic E-state index is 13.3. The van der Waals surface area contributed by atoms with Gasteiger partial charge in [0.15, 0.2) is 0 Å². The van der Waals surface area contributed by atoms with Crippen LogP contribution in [0.3, 0.4) is 0 Å². The molecule has 162 valence electrons. The van der Waals surface area contributed by atoms with E-state index in [9.17, 15) is 9.18 Å². The summed E-state index contributed by atoms with van der Waals surface area (Å²) in [5.41, 5.74) is 5.20. The summed E-state index contributed by atoms with van der Waals surface area (Å²) < 4.78 is 15.1. The van der Waals surface area contributed by atoms with Gasteiger partial charge in [0.05, 0.1) is 34.4 Å². The van der Waals surface area contributed by atoms with E-state index < -0.39 is 0 Å². The van der Waals surface area contributed by atoms with E-state index in [0.29, 0.717) is 17.8 Å². The Morgan fingerprint density at radius 3 is 2.64 bits per heavy atom. The van der Waals surface area contributed by atoms with Crippen molar-refractivity contribution >= 4 is 16.8 Å². The molecule has 0 spiro atoms. The fraction of sp³-hybridized carbons (Fsp3) is 0.0769. The van der Waals surface area contributed by atoms with Gasteiger partial charge in [0.2, 0.25) is 0 Å². The van der Waals surface area contributed by atoms with E-state index >= 15 is 0 Å². The Bertz CT molecular complexity index is 1450. The van der Waals surface area contributed by atoms with Crippen molar-refractivity contribution in [3.8, 4) is 16.9 Å². The highest BCUT2D eigenvalue weighted by atomic mass is 19.1. The molecule has 0 aliphatic heterocycles. The largest absolute Gasteiger partial charge is 0.348 e. The van der Waals surface area contributed by atoms with Crippen molar-refractivity contribution in [2.75, 3.05) is 0 Å². The van der Waals surface area contributed by atoms with Crippen molar-refractivity contribution in [3.05, 3.63) is 108 Å². The monoisotopic (exact) mass is 437 g/mol. The second-order valence-corrected chi connectivity index (χ2v) is 7.65. The number of carbonyl (C=O) groups is 1. The number of halogens is 1. The predicted molar refractivity (Wildman–Crippen MR) is 124 cm³/mol. The molecule has 3 heterocycles. The van der Waals surface area contributed by atoms with Gasteiger partial charge < -0.3 is 5.32 Å². The number of carbonyl (C=O) groups excluding carboxylic acids is 1. The zero-order valence-electron chi connectivity index (χ0n) is 17.9. The number of para-hydroxylation sites is 1. The minimum atomic E-state index is -0.304. The van der Waals surface area contributed by atoms with Gasteiger partial charge in [0, 0.05) is 29.9 Å². The summed E-state index contributed by atoms with van der Waals surface area (Å²) in [6.07, 6.45) is 5.14. The fourth-order valence-corrected chi connectivity index (χ4v) is 3.79. The van der Waals surface area contributed by atoms with Gasteiger partial charge in [-0.15, -0.1) is 0 Å². The third-order valence-electron chi connectivity index (χ3n) is 5.49. The van der Waals surface area contributed by atoms with Gasteiger partial charge in [-0.05, 0) is 55.0 Å². The SMILES string of the molecule is Cc1c(-c2cc(C(=O)NCc3cccnc3)c3ccccc3n2)cnn1-c1ccc(F)cc1. The number of benzene rings is 2. The molecule has 5 rings (SSSR count). The number of fused-ring (bicyclic) bond motifs is 1. The van der Waals surface area contributed by atoms with Gasteiger partial charge in [-0.1, -0.05) is 24.3 Å². The first-order valence-corrected chi connectivity index (χ1v) is 10.5. The van der Waals surface area contributed by atoms with Crippen molar-refractivity contribution in [1.29, 1.82) is 0 Å². The average molecular weight is 437 g/mol. The Morgan fingerprint density at radius 1 is 1.03 bits per heavy atom. The lowest BCUT2D eigenvalue weighted by atomic mass is 10.0. The Kier molecular flexibility index (Phi) is 5.36. The molecular weight excluding hydrogens is 417 g/mol. The van der Waals surface area contributed by atoms with Gasteiger partial charge in [-0.3, -0.25) is 9.78 Å². The van der Waals surface area contributed by atoms with E-state index in [1.165, 1.54) is 12.1 Å². The molecule has 5 aromatic rings. The summed E-state index contributed by atoms with van der Waals surface area (Å²) in [6.45, 7) is 2.30. The molecule has 3 aromatic heterocycles. The van der Waals surface area contributed by atoms with E-state index in [0.717, 1.165) is 33.4 Å². The molecule has 2 aromatic carbocycles. The zero-order chi connectivity index (χ0) is 22.8. The average Bonchev–Trinajstić information content (AvgIpc) is 3.24. The zero-order valence-corrected chi connectivity index (χ0v) is 17.9. The summed E-state index contributed by atoms with van der Waals surface area (Å²) in [7, 11) is 0. The lowest BCUT2D eigenvalue weighted by Gasteiger charge is -2.11. The normalized spacial score (nSPS) is 11.0. The van der Waals surface area contributed by atoms with Gasteiger partial charge in [0.1, 0.15) is 5.82 Å². The Morgan fingerprint density at radius 2 is 1.85 bits per heavy atom. The number of hydrogen-bond acceptors (Lipinski definition) is 4. The number of pyridine rings is 2. The standard InChI is InChI=1S/C26H20FN5O/c1-17-23(16-30-32(17)20-10-8-19(27)9-11-20)25-13-22(21-6-2-3-7-24(21)31-25)26(33)29-15-18-5-4-12-28-14-18/h2-14,16H,15H2,1H3,(H,29,33). The molecule has 0 fully saturated rings. The van der Waals surface area contributed by atoms with Crippen molar-refractivity contribution in [1.82, 2.24) is 25.1 Å². The van der Waals surface area contributed by atoms with Crippen molar-refractivity contribution < 1.29 is 9.18 Å². The first kappa shape index (κ1) is 20.5. The Balaban J connectivity index is 1.53. The first-order valence-electron chi connectivity index (χ1n) is 10.5. The van der Waals surface area contributed by atoms with Crippen LogP contribution in [-0.4, -0.2) is 25.7 Å². The smallest absolute Gasteiger partial charge is 0.252 e. The number of aromatic nitrogens is 4. The van der Waals surface area contributed by atoms with Gasteiger partial charge in [-0.25, -0.2) is 14.1 Å². The number of amides is 1. The van der Waals surface area contributed by atoms with Crippen LogP contribution >= 0.6 is 0 Å². The highest BCUT2D eigenvalue weighted by Crippen LogP contribution is 2.28. The number of nitrogens with one attached hydrogen (secondary N) is 1. The minimum absolute atomic E-state index is 0.192. The second-order valence-electron chi connectivity index (χ2n) is 7.65. The molecule has 0 aliphatic carbocycles. The molecule has 0 radical (unpaired) electrons. The lowest BCUT2D eigenvalue weighted by Crippen LogP contribution is -2.23. The summed E-state index contributed by atoms with van der Waals surface area (Å²) in [6, 6.07) is 19.2. The van der Waals surface area contributed by atoms with Crippen molar-refractivity contribution in [2.45, 2.75) is 13.5 Å². The van der Waals surface area contributed by atoms with Crippen molar-refractivity contribution in [2.24, 2.45) is 0 Å². The van der Waals surface area contributed by atoms with Crippen LogP contribution < -0.4 is 5.32 Å². The Labute approximate surface area is 189 Å². The summed E-state index contributed by atoms with van der Waals surface area (Å²) in [5.74, 6) is -0.496. The maximum Gasteiger partial charge on any atom is 0.252 e. The highest BCUT2D eigenvalue weighted by molar-refractivity contribution is 6.07. The molecule has 0 unspecified atom stereocenters. The van der Waals surface area contributed by atoms with E-state index in [1.54, 1.807) is 41.5 Å². The third-order valence-corrected chi connectivity index (χ3v) is 5.49. The Hall–Kier alpha value is -4.39. The van der Waals surface area contributed by atoms with Crippen LogP contribution in [0.15, 0.2) is 85.3 Å². The van der Waals surface area contributed by atoms with Crippen LogP contribution in [0.25, 0.3) is 27.8 Å². The summed E-state index contributed by atoms with van der Waals surface area (Å²) in [5, 5.41) is 8.22. The summed E-state index contributed by atoms with van der Waals surface area (Å²) in [4.78, 5) is 22.0. The van der Waals surface area contributed by atoms with Crippen LogP contribution in [0, 0.1) is 12.7 Å². The van der Waals surface area contributed by atoms with Crippen LogP contribution in [0.2, 0.25) is 0 Å². The van der Waals surface area contributed by atoms with Crippen LogP contribution in [-0.2, 0) is 6.54 Å². The minimum Gasteiger partial charge on any atom is -0.348 e. The molecule has 1 N–H and O–H groups in total. The molecule has 0 bridgehead atoms. The van der Waals surface area contributed by atoms with Gasteiger partial charge in [0.25, 0.3) is 5.91 Å². The number of nitrogens with zero attached hydrogens (tertiary/aromatic N) is 4. The molecule has 1 amide bonds. The molecule has 33 heavy (non-hydrogen) atoms. The first-order chi connectivity index (χ1) is 16.1. The fourth-order valence-electron chi connectivity index (χ4n) is 3.79. The lowest BCUT2D eigenvalue weighted by molar-refractivity contribution is 0.0952. The quantitative estimate of drug-likeness (QED) is 0.426. The molecule has 0 atom stereocenters. The molecule has 7 heteroatoms. The number of hydrogen-bond donors (Lipinski definition) is 1. The van der Waals surface area contributed by atoms with E-state index in [-0.39, 0.29) is 11.7 Å². The molecule has 6 nitrogen and oxygen atoms in total. The third kappa shape index (κ3) is 4.08. The molecule has 0 saturated heterocycles. The molecule has 0 saturated carbocycles. The molecular formula is C26H20FN5O. The molecule has 0 aliphatic rings. The predicted octanol–water partition coefficient (Wildman–Crippen LogP) is 4.86. The van der Waals surface area contributed by atoms with E-state index in [1.807, 2.05) is 43.3 Å². The van der Waals surface area contributed by atoms with Crippen molar-refractivity contribution in [3.63, 3.8) is 0 Å². The highest BCUT2D eigenvalue weighted by Gasteiger charge is 2.17. The van der Waals surface area contributed by atoms with E-state index in [4.69, 9.17) is 4.98 Å². The second kappa shape index (κ2) is 8.63.